The van der Waals surface area contributed by atoms with Gasteiger partial charge in [-0.15, -0.1) is 0 Å². The van der Waals surface area contributed by atoms with Crippen molar-refractivity contribution in [3.63, 3.8) is 0 Å². The lowest BCUT2D eigenvalue weighted by Crippen LogP contribution is -2.05. The minimum atomic E-state index is -3.75. The Hall–Kier alpha value is -0.640. The first-order valence-corrected chi connectivity index (χ1v) is 5.03. The van der Waals surface area contributed by atoms with Crippen LogP contribution in [0.2, 0.25) is 0 Å². The molecule has 0 aliphatic carbocycles. The Kier molecular flexibility index (Phi) is 4.17. The molecule has 0 spiro atoms. The Morgan fingerprint density at radius 1 is 1.67 bits per heavy atom. The molecule has 12 heavy (non-hydrogen) atoms. The Morgan fingerprint density at radius 2 is 2.17 bits per heavy atom. The van der Waals surface area contributed by atoms with E-state index < -0.39 is 13.6 Å². The van der Waals surface area contributed by atoms with E-state index in [4.69, 9.17) is 4.89 Å². The molecule has 1 N–H and O–H groups in total. The van der Waals surface area contributed by atoms with Crippen LogP contribution in [0, 0.1) is 0 Å². The molecule has 0 fully saturated rings. The number of hydrogen-bond acceptors (Lipinski definition) is 4. The van der Waals surface area contributed by atoms with Gasteiger partial charge in [0.2, 0.25) is 0 Å². The molecule has 0 amide bonds. The monoisotopic (exact) mass is 194 g/mol. The summed E-state index contributed by atoms with van der Waals surface area (Å²) in [6, 6.07) is 0. The van der Waals surface area contributed by atoms with Gasteiger partial charge in [-0.05, 0) is 6.92 Å². The standard InChI is InChI=1S/C6H11O5P/c1-4-12(8,9)11-10-6(7)5(2)3/h2,4H2,1,3H3,(H,8,9). The third-order valence-electron chi connectivity index (χ3n) is 0.978. The van der Waals surface area contributed by atoms with Gasteiger partial charge in [-0.2, -0.15) is 0 Å². The highest BCUT2D eigenvalue weighted by molar-refractivity contribution is 7.52. The molecular formula is C6H11O5P. The second-order valence-electron chi connectivity index (χ2n) is 2.18. The van der Waals surface area contributed by atoms with Crippen LogP contribution in [0.1, 0.15) is 13.8 Å². The molecule has 0 rings (SSSR count). The largest absolute Gasteiger partial charge is 0.368 e. The fourth-order valence-electron chi connectivity index (χ4n) is 0.216. The highest BCUT2D eigenvalue weighted by Crippen LogP contribution is 2.41. The van der Waals surface area contributed by atoms with Crippen molar-refractivity contribution < 1.29 is 23.8 Å². The predicted octanol–water partition coefficient (Wildman–Crippen LogP) is 1.24. The number of carbonyl (C=O) groups is 1. The summed E-state index contributed by atoms with van der Waals surface area (Å²) in [5.41, 5.74) is 0.103. The fourth-order valence-corrected chi connectivity index (χ4v) is 0.505. The molecule has 1 unspecified atom stereocenters. The van der Waals surface area contributed by atoms with Crippen molar-refractivity contribution in [1.82, 2.24) is 0 Å². The van der Waals surface area contributed by atoms with Gasteiger partial charge in [0.25, 0.3) is 0 Å². The van der Waals surface area contributed by atoms with Gasteiger partial charge in [-0.25, -0.2) is 4.79 Å². The smallest absolute Gasteiger partial charge is 0.322 e. The number of carbonyl (C=O) groups excluding carboxylic acids is 1. The lowest BCUT2D eigenvalue weighted by atomic mass is 10.4. The fraction of sp³-hybridized carbons (Fsp3) is 0.500. The van der Waals surface area contributed by atoms with Crippen molar-refractivity contribution in [1.29, 1.82) is 0 Å². The van der Waals surface area contributed by atoms with E-state index in [-0.39, 0.29) is 11.7 Å². The van der Waals surface area contributed by atoms with Crippen LogP contribution in [-0.2, 0) is 18.9 Å². The van der Waals surface area contributed by atoms with Crippen LogP contribution >= 0.6 is 7.60 Å². The molecule has 0 aliphatic rings. The first kappa shape index (κ1) is 11.4. The van der Waals surface area contributed by atoms with E-state index in [9.17, 15) is 9.36 Å². The first-order valence-electron chi connectivity index (χ1n) is 3.27. The maximum absolute atomic E-state index is 10.7. The van der Waals surface area contributed by atoms with Gasteiger partial charge in [-0.1, -0.05) is 18.2 Å². The van der Waals surface area contributed by atoms with Crippen LogP contribution in [0.15, 0.2) is 12.2 Å². The SMILES string of the molecule is C=C(C)C(=O)OOP(=O)(O)CC. The molecular weight excluding hydrogens is 183 g/mol. The minimum absolute atomic E-state index is 0.103. The molecule has 6 heteroatoms. The third kappa shape index (κ3) is 4.28. The topological polar surface area (TPSA) is 72.8 Å². The van der Waals surface area contributed by atoms with E-state index >= 15 is 0 Å². The maximum Gasteiger partial charge on any atom is 0.368 e. The molecule has 5 nitrogen and oxygen atoms in total. The summed E-state index contributed by atoms with van der Waals surface area (Å²) in [5, 5.41) is 0. The molecule has 0 saturated carbocycles. The second-order valence-corrected chi connectivity index (χ2v) is 4.24. The Balaban J connectivity index is 3.92. The Morgan fingerprint density at radius 3 is 2.50 bits per heavy atom. The van der Waals surface area contributed by atoms with Crippen molar-refractivity contribution >= 4 is 13.6 Å². The lowest BCUT2D eigenvalue weighted by Gasteiger charge is -2.06. The van der Waals surface area contributed by atoms with Crippen LogP contribution in [-0.4, -0.2) is 17.0 Å². The van der Waals surface area contributed by atoms with Crippen molar-refractivity contribution in [2.45, 2.75) is 13.8 Å². The zero-order valence-corrected chi connectivity index (χ0v) is 7.84. The Bertz CT molecular complexity index is 234. The van der Waals surface area contributed by atoms with E-state index in [1.54, 1.807) is 0 Å². The van der Waals surface area contributed by atoms with Crippen molar-refractivity contribution in [3.05, 3.63) is 12.2 Å². The summed E-state index contributed by atoms with van der Waals surface area (Å²) in [6.45, 7) is 6.10. The van der Waals surface area contributed by atoms with Gasteiger partial charge < -0.3 is 4.89 Å². The minimum Gasteiger partial charge on any atom is -0.322 e. The van der Waals surface area contributed by atoms with Crippen molar-refractivity contribution in [3.8, 4) is 0 Å². The van der Waals surface area contributed by atoms with E-state index in [1.807, 2.05) is 0 Å². The average molecular weight is 194 g/mol. The normalized spacial score (nSPS) is 14.9. The van der Waals surface area contributed by atoms with Crippen LogP contribution in [0.25, 0.3) is 0 Å². The Labute approximate surface area is 70.4 Å². The quantitative estimate of drug-likeness (QED) is 0.315. The predicted molar refractivity (Wildman–Crippen MR) is 42.4 cm³/mol. The summed E-state index contributed by atoms with van der Waals surface area (Å²) in [4.78, 5) is 23.4. The van der Waals surface area contributed by atoms with E-state index in [0.29, 0.717) is 0 Å². The van der Waals surface area contributed by atoms with E-state index in [2.05, 4.69) is 16.1 Å². The van der Waals surface area contributed by atoms with Gasteiger partial charge in [0.15, 0.2) is 0 Å². The van der Waals surface area contributed by atoms with Crippen LogP contribution < -0.4 is 0 Å². The van der Waals surface area contributed by atoms with Gasteiger partial charge >= 0.3 is 13.6 Å². The summed E-state index contributed by atoms with van der Waals surface area (Å²) < 4.78 is 14.7. The molecule has 0 aromatic rings. The van der Waals surface area contributed by atoms with Gasteiger partial charge in [0.05, 0.1) is 6.16 Å². The molecule has 0 aliphatic heterocycles. The van der Waals surface area contributed by atoms with Gasteiger partial charge in [-0.3, -0.25) is 9.45 Å². The molecule has 0 bridgehead atoms. The summed E-state index contributed by atoms with van der Waals surface area (Å²) in [6.07, 6.45) is -0.115. The summed E-state index contributed by atoms with van der Waals surface area (Å²) in [7, 11) is -3.75. The van der Waals surface area contributed by atoms with Crippen LogP contribution in [0.3, 0.4) is 0 Å². The maximum atomic E-state index is 10.7. The second kappa shape index (κ2) is 4.40. The number of hydrogen-bond donors (Lipinski definition) is 1. The summed E-state index contributed by atoms with van der Waals surface area (Å²) >= 11 is 0. The summed E-state index contributed by atoms with van der Waals surface area (Å²) in [5.74, 6) is -0.849. The molecule has 0 saturated heterocycles. The van der Waals surface area contributed by atoms with Gasteiger partial charge in [0.1, 0.15) is 0 Å². The van der Waals surface area contributed by atoms with E-state index in [0.717, 1.165) is 0 Å². The first-order chi connectivity index (χ1) is 5.39. The van der Waals surface area contributed by atoms with Crippen molar-refractivity contribution in [2.24, 2.45) is 0 Å². The average Bonchev–Trinajstić information content (AvgIpc) is 2.00. The third-order valence-corrected chi connectivity index (χ3v) is 2.08. The highest BCUT2D eigenvalue weighted by Gasteiger charge is 2.20. The molecule has 0 radical (unpaired) electrons. The highest BCUT2D eigenvalue weighted by atomic mass is 31.2. The number of rotatable bonds is 4. The molecule has 1 atom stereocenters. The molecule has 70 valence electrons. The zero-order valence-electron chi connectivity index (χ0n) is 6.94. The zero-order chi connectivity index (χ0) is 9.78. The molecule has 0 heterocycles. The molecule has 0 aromatic heterocycles. The van der Waals surface area contributed by atoms with E-state index in [1.165, 1.54) is 13.8 Å². The lowest BCUT2D eigenvalue weighted by molar-refractivity contribution is -0.212. The van der Waals surface area contributed by atoms with Crippen LogP contribution in [0.5, 0.6) is 0 Å². The van der Waals surface area contributed by atoms with Crippen LogP contribution in [0.4, 0.5) is 0 Å². The molecule has 0 aromatic carbocycles. The van der Waals surface area contributed by atoms with Crippen molar-refractivity contribution in [2.75, 3.05) is 6.16 Å². The van der Waals surface area contributed by atoms with Gasteiger partial charge in [0, 0.05) is 5.57 Å².